The summed E-state index contributed by atoms with van der Waals surface area (Å²) in [5.41, 5.74) is 4.61. The first kappa shape index (κ1) is 11.8. The first-order valence-electron chi connectivity index (χ1n) is 5.71. The smallest absolute Gasteiger partial charge is 0.0763 e. The maximum absolute atomic E-state index is 4.39. The molecule has 4 heteroatoms. The third-order valence-corrected chi connectivity index (χ3v) is 3.01. The molecule has 0 saturated carbocycles. The van der Waals surface area contributed by atoms with Crippen LogP contribution in [0.1, 0.15) is 28.6 Å². The van der Waals surface area contributed by atoms with Crippen molar-refractivity contribution in [3.8, 4) is 0 Å². The predicted molar refractivity (Wildman–Crippen MR) is 67.8 cm³/mol. The molecule has 0 saturated heterocycles. The summed E-state index contributed by atoms with van der Waals surface area (Å²) in [6.07, 6.45) is 3.74. The molecule has 17 heavy (non-hydrogen) atoms. The van der Waals surface area contributed by atoms with E-state index in [2.05, 4.69) is 28.4 Å². The van der Waals surface area contributed by atoms with E-state index in [1.165, 1.54) is 11.1 Å². The summed E-state index contributed by atoms with van der Waals surface area (Å²) < 4.78 is 1.92. The summed E-state index contributed by atoms with van der Waals surface area (Å²) in [6.45, 7) is 4.11. The largest absolute Gasteiger partial charge is 0.308 e. The van der Waals surface area contributed by atoms with Crippen LogP contribution >= 0.6 is 0 Å². The number of nitrogens with one attached hydrogen (secondary N) is 1. The highest BCUT2D eigenvalue weighted by molar-refractivity contribution is 5.32. The first-order chi connectivity index (χ1) is 8.13. The standard InChI is InChI=1S/C13H18N4/c1-9-5-6-15-8-11(9)13(14-3)12-7-10(2)16-17(12)4/h5-8,13-14H,1-4H3. The normalized spacial score (nSPS) is 12.7. The summed E-state index contributed by atoms with van der Waals surface area (Å²) >= 11 is 0. The Kier molecular flexibility index (Phi) is 3.24. The Bertz CT molecular complexity index is 516. The molecule has 1 atom stereocenters. The van der Waals surface area contributed by atoms with Crippen LogP contribution in [0.3, 0.4) is 0 Å². The molecule has 0 radical (unpaired) electrons. The highest BCUT2D eigenvalue weighted by Gasteiger charge is 2.18. The van der Waals surface area contributed by atoms with Gasteiger partial charge in [0.15, 0.2) is 0 Å². The van der Waals surface area contributed by atoms with E-state index in [4.69, 9.17) is 0 Å². The lowest BCUT2D eigenvalue weighted by Gasteiger charge is -2.18. The van der Waals surface area contributed by atoms with Gasteiger partial charge in [0.1, 0.15) is 0 Å². The lowest BCUT2D eigenvalue weighted by atomic mass is 10.0. The second-order valence-electron chi connectivity index (χ2n) is 4.29. The molecule has 0 aliphatic carbocycles. The van der Waals surface area contributed by atoms with Gasteiger partial charge in [-0.25, -0.2) is 0 Å². The minimum absolute atomic E-state index is 0.134. The van der Waals surface area contributed by atoms with Crippen LogP contribution in [-0.4, -0.2) is 21.8 Å². The number of nitrogens with zero attached hydrogens (tertiary/aromatic N) is 3. The van der Waals surface area contributed by atoms with E-state index in [0.717, 1.165) is 11.4 Å². The fourth-order valence-electron chi connectivity index (χ4n) is 2.14. The summed E-state index contributed by atoms with van der Waals surface area (Å²) in [6, 6.07) is 4.27. The average Bonchev–Trinajstić information content (AvgIpc) is 2.62. The van der Waals surface area contributed by atoms with Gasteiger partial charge in [-0.05, 0) is 44.2 Å². The Morgan fingerprint density at radius 1 is 1.35 bits per heavy atom. The fraction of sp³-hybridized carbons (Fsp3) is 0.385. The summed E-state index contributed by atoms with van der Waals surface area (Å²) in [5, 5.41) is 7.72. The molecular formula is C13H18N4. The van der Waals surface area contributed by atoms with Crippen molar-refractivity contribution in [3.05, 3.63) is 47.0 Å². The molecule has 0 amide bonds. The van der Waals surface area contributed by atoms with Crippen molar-refractivity contribution >= 4 is 0 Å². The number of pyridine rings is 1. The minimum atomic E-state index is 0.134. The van der Waals surface area contributed by atoms with E-state index in [0.29, 0.717) is 0 Å². The monoisotopic (exact) mass is 230 g/mol. The Morgan fingerprint density at radius 2 is 2.12 bits per heavy atom. The first-order valence-corrected chi connectivity index (χ1v) is 5.71. The van der Waals surface area contributed by atoms with E-state index < -0.39 is 0 Å². The Morgan fingerprint density at radius 3 is 2.65 bits per heavy atom. The number of rotatable bonds is 3. The minimum Gasteiger partial charge on any atom is -0.308 e. The molecule has 0 fully saturated rings. The van der Waals surface area contributed by atoms with Crippen molar-refractivity contribution in [2.24, 2.45) is 7.05 Å². The fourth-order valence-corrected chi connectivity index (χ4v) is 2.14. The van der Waals surface area contributed by atoms with Crippen LogP contribution in [0, 0.1) is 13.8 Å². The highest BCUT2D eigenvalue weighted by atomic mass is 15.3. The van der Waals surface area contributed by atoms with Crippen molar-refractivity contribution in [2.75, 3.05) is 7.05 Å². The van der Waals surface area contributed by atoms with E-state index in [-0.39, 0.29) is 6.04 Å². The molecular weight excluding hydrogens is 212 g/mol. The van der Waals surface area contributed by atoms with Gasteiger partial charge in [-0.2, -0.15) is 5.10 Å². The molecule has 1 N–H and O–H groups in total. The van der Waals surface area contributed by atoms with Gasteiger partial charge in [0.2, 0.25) is 0 Å². The van der Waals surface area contributed by atoms with Gasteiger partial charge in [0, 0.05) is 19.4 Å². The van der Waals surface area contributed by atoms with Crippen molar-refractivity contribution < 1.29 is 0 Å². The van der Waals surface area contributed by atoms with Crippen molar-refractivity contribution in [1.29, 1.82) is 0 Å². The molecule has 2 aromatic heterocycles. The van der Waals surface area contributed by atoms with Crippen LogP contribution in [0.2, 0.25) is 0 Å². The van der Waals surface area contributed by atoms with Crippen LogP contribution in [0.5, 0.6) is 0 Å². The second kappa shape index (κ2) is 4.67. The maximum atomic E-state index is 4.39. The van der Waals surface area contributed by atoms with Gasteiger partial charge in [0.05, 0.1) is 17.4 Å². The quantitative estimate of drug-likeness (QED) is 0.873. The van der Waals surface area contributed by atoms with E-state index in [1.807, 2.05) is 44.2 Å². The van der Waals surface area contributed by atoms with Gasteiger partial charge < -0.3 is 5.32 Å². The highest BCUT2D eigenvalue weighted by Crippen LogP contribution is 2.23. The Hall–Kier alpha value is -1.68. The lowest BCUT2D eigenvalue weighted by molar-refractivity contribution is 0.601. The number of hydrogen-bond acceptors (Lipinski definition) is 3. The molecule has 1 unspecified atom stereocenters. The van der Waals surface area contributed by atoms with Crippen LogP contribution in [0.4, 0.5) is 0 Å². The number of aromatic nitrogens is 3. The van der Waals surface area contributed by atoms with Crippen LogP contribution in [-0.2, 0) is 7.05 Å². The second-order valence-corrected chi connectivity index (χ2v) is 4.29. The summed E-state index contributed by atoms with van der Waals surface area (Å²) in [4.78, 5) is 4.21. The van der Waals surface area contributed by atoms with Crippen molar-refractivity contribution in [3.63, 3.8) is 0 Å². The Balaban J connectivity index is 2.47. The van der Waals surface area contributed by atoms with Gasteiger partial charge in [0.25, 0.3) is 0 Å². The van der Waals surface area contributed by atoms with Crippen LogP contribution < -0.4 is 5.32 Å². The molecule has 0 aliphatic heterocycles. The molecule has 90 valence electrons. The van der Waals surface area contributed by atoms with Gasteiger partial charge in [-0.15, -0.1) is 0 Å². The molecule has 0 aromatic carbocycles. The predicted octanol–water partition coefficient (Wildman–Crippen LogP) is 1.74. The van der Waals surface area contributed by atoms with Gasteiger partial charge in [-0.1, -0.05) is 0 Å². The Labute approximate surface area is 102 Å². The average molecular weight is 230 g/mol. The van der Waals surface area contributed by atoms with Crippen molar-refractivity contribution in [1.82, 2.24) is 20.1 Å². The number of hydrogen-bond donors (Lipinski definition) is 1. The van der Waals surface area contributed by atoms with E-state index in [9.17, 15) is 0 Å². The molecule has 0 spiro atoms. The SMILES string of the molecule is CNC(c1cnccc1C)c1cc(C)nn1C. The third-order valence-electron chi connectivity index (χ3n) is 3.01. The van der Waals surface area contributed by atoms with Crippen molar-refractivity contribution in [2.45, 2.75) is 19.9 Å². The zero-order chi connectivity index (χ0) is 12.4. The third kappa shape index (κ3) is 2.22. The molecule has 2 heterocycles. The topological polar surface area (TPSA) is 42.7 Å². The van der Waals surface area contributed by atoms with Gasteiger partial charge in [-0.3, -0.25) is 9.67 Å². The van der Waals surface area contributed by atoms with Crippen LogP contribution in [0.25, 0.3) is 0 Å². The zero-order valence-corrected chi connectivity index (χ0v) is 10.7. The van der Waals surface area contributed by atoms with Crippen LogP contribution in [0.15, 0.2) is 24.5 Å². The summed E-state index contributed by atoms with van der Waals surface area (Å²) in [5.74, 6) is 0. The molecule has 0 bridgehead atoms. The maximum Gasteiger partial charge on any atom is 0.0763 e. The lowest BCUT2D eigenvalue weighted by Crippen LogP contribution is -2.21. The number of aryl methyl sites for hydroxylation is 3. The van der Waals surface area contributed by atoms with Gasteiger partial charge >= 0.3 is 0 Å². The molecule has 0 aliphatic rings. The zero-order valence-electron chi connectivity index (χ0n) is 10.7. The van der Waals surface area contributed by atoms with E-state index >= 15 is 0 Å². The molecule has 2 aromatic rings. The molecule has 2 rings (SSSR count). The summed E-state index contributed by atoms with van der Waals surface area (Å²) in [7, 11) is 3.93. The van der Waals surface area contributed by atoms with E-state index in [1.54, 1.807) is 0 Å². The molecule has 4 nitrogen and oxygen atoms in total.